The van der Waals surface area contributed by atoms with Crippen LogP contribution in [0.5, 0.6) is 0 Å². The number of nitrogens with one attached hydrogen (secondary N) is 1. The Morgan fingerprint density at radius 3 is 2.55 bits per heavy atom. The molecule has 0 aliphatic carbocycles. The highest BCUT2D eigenvalue weighted by Crippen LogP contribution is 2.33. The first-order valence-electron chi connectivity index (χ1n) is 12.3. The number of rotatable bonds is 6. The summed E-state index contributed by atoms with van der Waals surface area (Å²) in [4.78, 5) is 37.8. The number of carbonyl (C=O) groups excluding carboxylic acids is 2. The summed E-state index contributed by atoms with van der Waals surface area (Å²) in [6.07, 6.45) is 7.96. The van der Waals surface area contributed by atoms with Crippen LogP contribution in [0.4, 0.5) is 10.1 Å². The van der Waals surface area contributed by atoms with Gasteiger partial charge in [-0.25, -0.2) is 4.39 Å². The molecule has 38 heavy (non-hydrogen) atoms. The van der Waals surface area contributed by atoms with Crippen LogP contribution in [-0.2, 0) is 20.9 Å². The first-order chi connectivity index (χ1) is 18.4. The van der Waals surface area contributed by atoms with E-state index in [4.69, 9.17) is 16.3 Å². The average molecular weight is 536 g/mol. The van der Waals surface area contributed by atoms with Crippen molar-refractivity contribution in [2.75, 3.05) is 31.6 Å². The van der Waals surface area contributed by atoms with Gasteiger partial charge in [0.15, 0.2) is 0 Å². The fraction of sp³-hybridized carbons (Fsp3) is 0.286. The molecular weight excluding hydrogens is 509 g/mol. The highest BCUT2D eigenvalue weighted by molar-refractivity contribution is 6.33. The van der Waals surface area contributed by atoms with E-state index in [9.17, 15) is 14.0 Å². The maximum absolute atomic E-state index is 13.4. The van der Waals surface area contributed by atoms with Crippen LogP contribution in [0, 0.1) is 5.82 Å². The Labute approximate surface area is 225 Å². The summed E-state index contributed by atoms with van der Waals surface area (Å²) >= 11 is 6.49. The number of carbonyl (C=O) groups is 2. The zero-order valence-electron chi connectivity index (χ0n) is 20.8. The SMILES string of the molecule is CC(=O)Nc1cc(Cl)c(-c2cnccn2)cc1/C=C/C(=O)N1C2COCC1CN(Cc1ccc(F)cc1)C2. The van der Waals surface area contributed by atoms with E-state index in [1.165, 1.54) is 25.1 Å². The lowest BCUT2D eigenvalue weighted by Crippen LogP contribution is -2.65. The monoisotopic (exact) mass is 535 g/mol. The normalized spacial score (nSPS) is 19.5. The summed E-state index contributed by atoms with van der Waals surface area (Å²) in [5, 5.41) is 3.19. The van der Waals surface area contributed by atoms with Gasteiger partial charge in [-0.1, -0.05) is 23.7 Å². The molecule has 0 radical (unpaired) electrons. The number of benzene rings is 2. The zero-order chi connectivity index (χ0) is 26.6. The molecule has 2 bridgehead atoms. The molecule has 2 atom stereocenters. The Morgan fingerprint density at radius 2 is 1.89 bits per heavy atom. The van der Waals surface area contributed by atoms with Gasteiger partial charge in [-0.3, -0.25) is 24.5 Å². The molecule has 2 fully saturated rings. The molecule has 3 heterocycles. The quantitative estimate of drug-likeness (QED) is 0.480. The third-order valence-corrected chi connectivity index (χ3v) is 6.93. The van der Waals surface area contributed by atoms with Crippen molar-refractivity contribution in [2.45, 2.75) is 25.6 Å². The molecule has 1 N–H and O–H groups in total. The smallest absolute Gasteiger partial charge is 0.247 e. The van der Waals surface area contributed by atoms with Crippen LogP contribution in [-0.4, -0.2) is 70.0 Å². The Kier molecular flexibility index (Phi) is 7.78. The molecular formula is C28H27ClFN5O3. The van der Waals surface area contributed by atoms with E-state index in [-0.39, 0.29) is 29.7 Å². The van der Waals surface area contributed by atoms with Crippen molar-refractivity contribution in [1.82, 2.24) is 19.8 Å². The van der Waals surface area contributed by atoms with Gasteiger partial charge >= 0.3 is 0 Å². The van der Waals surface area contributed by atoms with Gasteiger partial charge in [0.2, 0.25) is 11.8 Å². The number of ether oxygens (including phenoxy) is 1. The molecule has 2 aliphatic rings. The fourth-order valence-electron chi connectivity index (χ4n) is 5.00. The zero-order valence-corrected chi connectivity index (χ0v) is 21.6. The lowest BCUT2D eigenvalue weighted by atomic mass is 10.0. The molecule has 0 saturated carbocycles. The van der Waals surface area contributed by atoms with Crippen LogP contribution in [0.1, 0.15) is 18.1 Å². The van der Waals surface area contributed by atoms with E-state index in [0.717, 1.165) is 5.56 Å². The maximum Gasteiger partial charge on any atom is 0.247 e. The predicted molar refractivity (Wildman–Crippen MR) is 143 cm³/mol. The number of hydrogen-bond donors (Lipinski definition) is 1. The summed E-state index contributed by atoms with van der Waals surface area (Å²) in [5.74, 6) is -0.639. The number of aromatic nitrogens is 2. The van der Waals surface area contributed by atoms with Gasteiger partial charge in [-0.05, 0) is 41.5 Å². The minimum atomic E-state index is -0.257. The average Bonchev–Trinajstić information content (AvgIpc) is 2.89. The molecule has 10 heteroatoms. The number of hydrogen-bond acceptors (Lipinski definition) is 6. The number of halogens is 2. The van der Waals surface area contributed by atoms with Crippen LogP contribution >= 0.6 is 11.6 Å². The van der Waals surface area contributed by atoms with Crippen LogP contribution in [0.25, 0.3) is 17.3 Å². The van der Waals surface area contributed by atoms with Crippen molar-refractivity contribution in [3.63, 3.8) is 0 Å². The van der Waals surface area contributed by atoms with Crippen LogP contribution < -0.4 is 5.32 Å². The fourth-order valence-corrected chi connectivity index (χ4v) is 5.26. The summed E-state index contributed by atoms with van der Waals surface area (Å²) in [5.41, 5.74) is 3.36. The third-order valence-electron chi connectivity index (χ3n) is 6.61. The summed E-state index contributed by atoms with van der Waals surface area (Å²) in [6.45, 7) is 4.30. The molecule has 1 aromatic heterocycles. The minimum Gasteiger partial charge on any atom is -0.377 e. The predicted octanol–water partition coefficient (Wildman–Crippen LogP) is 4.02. The maximum atomic E-state index is 13.4. The number of amides is 2. The number of nitrogens with zero attached hydrogens (tertiary/aromatic N) is 4. The van der Waals surface area contributed by atoms with E-state index in [0.29, 0.717) is 60.4 Å². The van der Waals surface area contributed by atoms with Gasteiger partial charge in [0, 0.05) is 56.3 Å². The number of piperazine rings is 1. The number of fused-ring (bicyclic) bond motifs is 2. The van der Waals surface area contributed by atoms with Crippen LogP contribution in [0.15, 0.2) is 61.1 Å². The Balaban J connectivity index is 1.36. The van der Waals surface area contributed by atoms with Crippen LogP contribution in [0.2, 0.25) is 5.02 Å². The molecule has 2 unspecified atom stereocenters. The van der Waals surface area contributed by atoms with Crippen molar-refractivity contribution in [3.8, 4) is 11.3 Å². The standard InChI is InChI=1S/C28H27ClFN5O3/c1-18(36)33-26-11-25(29)24(27-12-31-8-9-32-27)10-20(26)4-7-28(37)35-22-14-34(15-23(35)17-38-16-22)13-19-2-5-21(30)6-3-19/h2-12,22-23H,13-17H2,1H3,(H,33,36)/b7-4+. The van der Waals surface area contributed by atoms with Crippen molar-refractivity contribution in [3.05, 3.63) is 83.0 Å². The number of morpholine rings is 1. The second-order valence-corrected chi connectivity index (χ2v) is 9.84. The lowest BCUT2D eigenvalue weighted by molar-refractivity contribution is -0.150. The second-order valence-electron chi connectivity index (χ2n) is 9.44. The van der Waals surface area contributed by atoms with Gasteiger partial charge in [0.1, 0.15) is 5.82 Å². The largest absolute Gasteiger partial charge is 0.377 e. The Morgan fingerprint density at radius 1 is 1.16 bits per heavy atom. The highest BCUT2D eigenvalue weighted by Gasteiger charge is 2.40. The molecule has 2 aromatic carbocycles. The molecule has 8 nitrogen and oxygen atoms in total. The third kappa shape index (κ3) is 5.91. The first-order valence-corrected chi connectivity index (χ1v) is 12.7. The second kappa shape index (κ2) is 11.4. The van der Waals surface area contributed by atoms with Gasteiger partial charge in [0.25, 0.3) is 0 Å². The van der Waals surface area contributed by atoms with E-state index >= 15 is 0 Å². The van der Waals surface area contributed by atoms with E-state index in [1.807, 2.05) is 4.90 Å². The molecule has 2 aliphatic heterocycles. The number of anilines is 1. The van der Waals surface area contributed by atoms with E-state index < -0.39 is 0 Å². The van der Waals surface area contributed by atoms with Crippen molar-refractivity contribution in [1.29, 1.82) is 0 Å². The Hall–Kier alpha value is -3.66. The topological polar surface area (TPSA) is 87.7 Å². The van der Waals surface area contributed by atoms with Gasteiger partial charge in [0.05, 0.1) is 42.2 Å². The molecule has 2 amide bonds. The van der Waals surface area contributed by atoms with E-state index in [2.05, 4.69) is 20.2 Å². The van der Waals surface area contributed by atoms with E-state index in [1.54, 1.807) is 48.9 Å². The first kappa shape index (κ1) is 26.0. The van der Waals surface area contributed by atoms with Crippen molar-refractivity contribution in [2.24, 2.45) is 0 Å². The van der Waals surface area contributed by atoms with Gasteiger partial charge < -0.3 is 15.0 Å². The summed E-state index contributed by atoms with van der Waals surface area (Å²) in [6, 6.07) is 9.73. The highest BCUT2D eigenvalue weighted by atomic mass is 35.5. The molecule has 5 rings (SSSR count). The molecule has 3 aromatic rings. The molecule has 0 spiro atoms. The summed E-state index contributed by atoms with van der Waals surface area (Å²) in [7, 11) is 0. The Bertz CT molecular complexity index is 1340. The van der Waals surface area contributed by atoms with Crippen molar-refractivity contribution >= 4 is 35.2 Å². The van der Waals surface area contributed by atoms with Gasteiger partial charge in [-0.2, -0.15) is 0 Å². The van der Waals surface area contributed by atoms with Crippen molar-refractivity contribution < 1.29 is 18.7 Å². The van der Waals surface area contributed by atoms with Crippen LogP contribution in [0.3, 0.4) is 0 Å². The minimum absolute atomic E-state index is 0.102. The molecule has 196 valence electrons. The summed E-state index contributed by atoms with van der Waals surface area (Å²) < 4.78 is 19.1. The lowest BCUT2D eigenvalue weighted by Gasteiger charge is -2.49. The van der Waals surface area contributed by atoms with Gasteiger partial charge in [-0.15, -0.1) is 0 Å². The molecule has 2 saturated heterocycles.